The summed E-state index contributed by atoms with van der Waals surface area (Å²) in [6, 6.07) is 20.8. The minimum absolute atomic E-state index is 0. The molecule has 3 heterocycles. The van der Waals surface area contributed by atoms with E-state index in [-0.39, 0.29) is 27.0 Å². The first-order chi connectivity index (χ1) is 15.5. The molecule has 2 nitrogen and oxygen atoms in total. The topological polar surface area (TPSA) is 16.1 Å². The van der Waals surface area contributed by atoms with Crippen LogP contribution in [0.1, 0.15) is 56.2 Å². The number of hydrogen-bond donors (Lipinski definition) is 0. The van der Waals surface area contributed by atoms with Gasteiger partial charge in [-0.3, -0.25) is 0 Å². The first-order valence-electron chi connectivity index (χ1n) is 11.5. The van der Waals surface area contributed by atoms with Crippen LogP contribution in [-0.4, -0.2) is 16.6 Å². The molecule has 4 heteroatoms. The summed E-state index contributed by atoms with van der Waals surface area (Å²) in [5.41, 5.74) is 10.0. The number of rotatable bonds is 4. The van der Waals surface area contributed by atoms with E-state index in [2.05, 4.69) is 110 Å². The average molecular weight is 608 g/mol. The Balaban J connectivity index is 0.00000259. The van der Waals surface area contributed by atoms with Crippen molar-refractivity contribution >= 4 is 23.8 Å². The van der Waals surface area contributed by atoms with Crippen LogP contribution >= 0.6 is 0 Å². The van der Waals surface area contributed by atoms with Crippen LogP contribution in [0.5, 0.6) is 0 Å². The third-order valence-electron chi connectivity index (χ3n) is 6.45. The molecule has 167 valence electrons. The largest absolute Gasteiger partial charge is 0.385 e. The van der Waals surface area contributed by atoms with Crippen molar-refractivity contribution in [3.63, 3.8) is 0 Å². The molecule has 2 aliphatic rings. The molecule has 0 bridgehead atoms. The molecular formula is C29H28BIrN2-. The first kappa shape index (κ1) is 23.5. The summed E-state index contributed by atoms with van der Waals surface area (Å²) in [6.07, 6.45) is 12.8. The van der Waals surface area contributed by atoms with Gasteiger partial charge in [0.25, 0.3) is 0 Å². The van der Waals surface area contributed by atoms with Gasteiger partial charge < -0.3 is 9.79 Å². The number of pyridine rings is 1. The number of benzene rings is 2. The third-order valence-corrected chi connectivity index (χ3v) is 6.45. The minimum atomic E-state index is 0. The fourth-order valence-electron chi connectivity index (χ4n) is 4.91. The summed E-state index contributed by atoms with van der Waals surface area (Å²) in [6.45, 7) is 9.31. The predicted octanol–water partition coefficient (Wildman–Crippen LogP) is 5.64. The van der Waals surface area contributed by atoms with Gasteiger partial charge in [0, 0.05) is 32.0 Å². The Labute approximate surface area is 211 Å². The Hall–Kier alpha value is -2.68. The Morgan fingerprint density at radius 2 is 1.70 bits per heavy atom. The number of allylic oxidation sites excluding steroid dienone is 3. The molecule has 0 N–H and O–H groups in total. The molecule has 0 aliphatic carbocycles. The van der Waals surface area contributed by atoms with E-state index in [1.807, 2.05) is 18.3 Å². The standard InChI is InChI=1S/C29H28BN2.Ir/c1-20(2)25-11-9-12-26(21(3)4)29(25)30-27-19-23(28-13-5-7-16-31-28)15-14-22(27)18-24-10-6-8-17-32(24)30;/h5-14,16-21H,1-4H3;/q-1;. The van der Waals surface area contributed by atoms with Crippen LogP contribution in [0.3, 0.4) is 0 Å². The zero-order valence-corrected chi connectivity index (χ0v) is 21.9. The molecule has 0 amide bonds. The summed E-state index contributed by atoms with van der Waals surface area (Å²) in [5, 5.41) is 0. The van der Waals surface area contributed by atoms with Gasteiger partial charge in [-0.25, -0.2) is 0 Å². The van der Waals surface area contributed by atoms with Crippen LogP contribution in [0.25, 0.3) is 17.3 Å². The Kier molecular flexibility index (Phi) is 6.88. The van der Waals surface area contributed by atoms with Crippen LogP contribution in [0.15, 0.2) is 84.9 Å². The van der Waals surface area contributed by atoms with Crippen LogP contribution in [0.4, 0.5) is 0 Å². The first-order valence-corrected chi connectivity index (χ1v) is 11.5. The van der Waals surface area contributed by atoms with Crippen LogP contribution in [0.2, 0.25) is 0 Å². The maximum absolute atomic E-state index is 4.58. The smallest absolute Gasteiger partial charge is 0.309 e. The molecule has 1 radical (unpaired) electrons. The Morgan fingerprint density at radius 3 is 2.36 bits per heavy atom. The molecule has 0 saturated carbocycles. The van der Waals surface area contributed by atoms with E-state index in [0.717, 1.165) is 11.3 Å². The van der Waals surface area contributed by atoms with Crippen molar-refractivity contribution in [2.24, 2.45) is 0 Å². The molecular weight excluding hydrogens is 579 g/mol. The van der Waals surface area contributed by atoms with Gasteiger partial charge in [0.2, 0.25) is 0 Å². The number of aromatic nitrogens is 1. The van der Waals surface area contributed by atoms with Crippen molar-refractivity contribution in [2.75, 3.05) is 0 Å². The molecule has 2 aliphatic heterocycles. The molecule has 3 aromatic rings. The second kappa shape index (κ2) is 9.67. The summed E-state index contributed by atoms with van der Waals surface area (Å²) in [4.78, 5) is 7.01. The second-order valence-electron chi connectivity index (χ2n) is 9.21. The third kappa shape index (κ3) is 4.30. The monoisotopic (exact) mass is 608 g/mol. The molecule has 1 aromatic heterocycles. The van der Waals surface area contributed by atoms with E-state index in [1.165, 1.54) is 33.3 Å². The second-order valence-corrected chi connectivity index (χ2v) is 9.21. The van der Waals surface area contributed by atoms with E-state index < -0.39 is 0 Å². The fourth-order valence-corrected chi connectivity index (χ4v) is 4.91. The van der Waals surface area contributed by atoms with Crippen LogP contribution < -0.4 is 10.9 Å². The van der Waals surface area contributed by atoms with Gasteiger partial charge in [0.05, 0.1) is 0 Å². The van der Waals surface area contributed by atoms with Crippen molar-refractivity contribution in [3.05, 3.63) is 108 Å². The summed E-state index contributed by atoms with van der Waals surface area (Å²) in [5.74, 6) is 0.882. The summed E-state index contributed by atoms with van der Waals surface area (Å²) < 4.78 is 0. The zero-order valence-electron chi connectivity index (χ0n) is 19.5. The molecule has 0 unspecified atom stereocenters. The molecule has 0 atom stereocenters. The van der Waals surface area contributed by atoms with Gasteiger partial charge >= 0.3 is 6.85 Å². The van der Waals surface area contributed by atoms with Gasteiger partial charge in [-0.2, -0.15) is 0 Å². The molecule has 33 heavy (non-hydrogen) atoms. The summed E-state index contributed by atoms with van der Waals surface area (Å²) in [7, 11) is 0. The van der Waals surface area contributed by atoms with E-state index in [9.17, 15) is 0 Å². The van der Waals surface area contributed by atoms with Crippen molar-refractivity contribution in [1.29, 1.82) is 0 Å². The Morgan fingerprint density at radius 1 is 0.939 bits per heavy atom. The van der Waals surface area contributed by atoms with Crippen molar-refractivity contribution in [2.45, 2.75) is 39.5 Å². The maximum Gasteiger partial charge on any atom is 0.309 e. The molecule has 5 rings (SSSR count). The number of hydrogen-bond acceptors (Lipinski definition) is 2. The quantitative estimate of drug-likeness (QED) is 0.282. The van der Waals surface area contributed by atoms with Gasteiger partial charge in [0.15, 0.2) is 0 Å². The van der Waals surface area contributed by atoms with E-state index >= 15 is 0 Å². The molecule has 0 saturated heterocycles. The zero-order chi connectivity index (χ0) is 22.2. The van der Waals surface area contributed by atoms with E-state index in [4.69, 9.17) is 0 Å². The van der Waals surface area contributed by atoms with Crippen LogP contribution in [-0.2, 0) is 20.1 Å². The number of fused-ring (bicyclic) bond motifs is 2. The molecule has 0 fully saturated rings. The normalized spacial score (nSPS) is 14.2. The molecule has 2 aromatic carbocycles. The Bertz CT molecular complexity index is 1220. The summed E-state index contributed by atoms with van der Waals surface area (Å²) >= 11 is 0. The predicted molar refractivity (Wildman–Crippen MR) is 136 cm³/mol. The van der Waals surface area contributed by atoms with Gasteiger partial charge in [0.1, 0.15) is 0 Å². The van der Waals surface area contributed by atoms with Crippen molar-refractivity contribution in [3.8, 4) is 11.3 Å². The minimum Gasteiger partial charge on any atom is -0.385 e. The SMILES string of the molecule is CC(C)c1cccc(C(C)C)c1B1c2cc(-c3ccccn3)[c-]cc2C=C2C=CC=CN12.[Ir]. The molecule has 0 spiro atoms. The van der Waals surface area contributed by atoms with Gasteiger partial charge in [-0.15, -0.1) is 34.8 Å². The number of nitrogens with zero attached hydrogens (tertiary/aromatic N) is 2. The average Bonchev–Trinajstić information content (AvgIpc) is 2.82. The van der Waals surface area contributed by atoms with Crippen molar-refractivity contribution < 1.29 is 20.1 Å². The van der Waals surface area contributed by atoms with E-state index in [1.54, 1.807) is 0 Å². The maximum atomic E-state index is 4.58. The van der Waals surface area contributed by atoms with Gasteiger partial charge in [-0.05, 0) is 58.5 Å². The van der Waals surface area contributed by atoms with Crippen molar-refractivity contribution in [1.82, 2.24) is 9.79 Å². The van der Waals surface area contributed by atoms with Crippen LogP contribution in [0, 0.1) is 6.07 Å². The van der Waals surface area contributed by atoms with E-state index in [0.29, 0.717) is 11.8 Å². The fraction of sp³-hybridized carbons (Fsp3) is 0.207. The van der Waals surface area contributed by atoms with Gasteiger partial charge in [-0.1, -0.05) is 70.2 Å².